The van der Waals surface area contributed by atoms with Gasteiger partial charge in [-0.3, -0.25) is 4.79 Å². The minimum Gasteiger partial charge on any atom is -0.478 e. The number of aromatic carboxylic acids is 1. The third-order valence-electron chi connectivity index (χ3n) is 4.53. The molecular formula is C20H23NO6. The van der Waals surface area contributed by atoms with Gasteiger partial charge < -0.3 is 24.3 Å². The Morgan fingerprint density at radius 1 is 1.22 bits per heavy atom. The van der Waals surface area contributed by atoms with Crippen LogP contribution in [0.1, 0.15) is 50.6 Å². The molecule has 0 aliphatic carbocycles. The molecule has 2 N–H and O–H groups in total. The van der Waals surface area contributed by atoms with E-state index in [4.69, 9.17) is 19.0 Å². The van der Waals surface area contributed by atoms with Crippen molar-refractivity contribution in [3.8, 4) is 0 Å². The van der Waals surface area contributed by atoms with Crippen LogP contribution in [0.25, 0.3) is 0 Å². The van der Waals surface area contributed by atoms with Gasteiger partial charge in [-0.05, 0) is 37.5 Å². The summed E-state index contributed by atoms with van der Waals surface area (Å²) in [5.74, 6) is -0.595. The summed E-state index contributed by atoms with van der Waals surface area (Å²) < 4.78 is 16.6. The Bertz CT molecular complexity index is 807. The molecule has 144 valence electrons. The number of aryl methyl sites for hydroxylation is 1. The molecule has 1 aliphatic heterocycles. The minimum absolute atomic E-state index is 0.101. The number of carbonyl (C=O) groups excluding carboxylic acids is 1. The van der Waals surface area contributed by atoms with Crippen molar-refractivity contribution in [2.45, 2.75) is 39.0 Å². The SMILES string of the molecule is Cc1oc(CNC(=O)c2ccccc2COC2CCOCC2)cc1C(=O)O. The topological polar surface area (TPSA) is 98.0 Å². The standard InChI is InChI=1S/C20H23NO6/c1-13-18(20(23)24)10-16(27-13)11-21-19(22)17-5-3-2-4-14(17)12-26-15-6-8-25-9-7-15/h2-5,10,15H,6-9,11-12H2,1H3,(H,21,22)(H,23,24). The Kier molecular flexibility index (Phi) is 6.26. The van der Waals surface area contributed by atoms with E-state index in [9.17, 15) is 9.59 Å². The summed E-state index contributed by atoms with van der Waals surface area (Å²) in [7, 11) is 0. The van der Waals surface area contributed by atoms with Gasteiger partial charge in [-0.1, -0.05) is 18.2 Å². The molecule has 0 bridgehead atoms. The van der Waals surface area contributed by atoms with Gasteiger partial charge in [0.1, 0.15) is 17.1 Å². The monoisotopic (exact) mass is 373 g/mol. The summed E-state index contributed by atoms with van der Waals surface area (Å²) in [6.45, 7) is 3.46. The number of carboxylic acids is 1. The van der Waals surface area contributed by atoms with Crippen molar-refractivity contribution in [1.82, 2.24) is 5.32 Å². The maximum atomic E-state index is 12.6. The Hall–Kier alpha value is -2.64. The van der Waals surface area contributed by atoms with Gasteiger partial charge in [-0.15, -0.1) is 0 Å². The highest BCUT2D eigenvalue weighted by atomic mass is 16.5. The highest BCUT2D eigenvalue weighted by molar-refractivity contribution is 5.95. The number of amides is 1. The van der Waals surface area contributed by atoms with Crippen molar-refractivity contribution in [3.05, 3.63) is 58.5 Å². The van der Waals surface area contributed by atoms with Gasteiger partial charge in [0.2, 0.25) is 0 Å². The lowest BCUT2D eigenvalue weighted by atomic mass is 10.1. The molecule has 1 aromatic carbocycles. The summed E-state index contributed by atoms with van der Waals surface area (Å²) in [5, 5.41) is 11.8. The molecular weight excluding hydrogens is 350 g/mol. The summed E-state index contributed by atoms with van der Waals surface area (Å²) in [6.07, 6.45) is 1.87. The molecule has 7 nitrogen and oxygen atoms in total. The molecule has 0 saturated carbocycles. The first-order valence-electron chi connectivity index (χ1n) is 8.92. The number of benzene rings is 1. The van der Waals surface area contributed by atoms with Gasteiger partial charge in [0, 0.05) is 18.8 Å². The number of hydrogen-bond acceptors (Lipinski definition) is 5. The average molecular weight is 373 g/mol. The van der Waals surface area contributed by atoms with E-state index in [2.05, 4.69) is 5.32 Å². The number of ether oxygens (including phenoxy) is 2. The lowest BCUT2D eigenvalue weighted by Gasteiger charge is -2.22. The van der Waals surface area contributed by atoms with E-state index in [1.54, 1.807) is 19.1 Å². The fraction of sp³-hybridized carbons (Fsp3) is 0.400. The highest BCUT2D eigenvalue weighted by Gasteiger charge is 2.18. The molecule has 0 radical (unpaired) electrons. The summed E-state index contributed by atoms with van der Waals surface area (Å²) >= 11 is 0. The maximum absolute atomic E-state index is 12.6. The fourth-order valence-electron chi connectivity index (χ4n) is 3.02. The van der Waals surface area contributed by atoms with Crippen LogP contribution in [0.15, 0.2) is 34.7 Å². The largest absolute Gasteiger partial charge is 0.478 e. The highest BCUT2D eigenvalue weighted by Crippen LogP contribution is 2.17. The van der Waals surface area contributed by atoms with E-state index in [1.807, 2.05) is 12.1 Å². The number of hydrogen-bond donors (Lipinski definition) is 2. The van der Waals surface area contributed by atoms with E-state index < -0.39 is 5.97 Å². The van der Waals surface area contributed by atoms with Crippen LogP contribution in [0, 0.1) is 6.92 Å². The zero-order chi connectivity index (χ0) is 19.2. The van der Waals surface area contributed by atoms with Gasteiger partial charge in [0.15, 0.2) is 0 Å². The Morgan fingerprint density at radius 2 is 1.96 bits per heavy atom. The van der Waals surface area contributed by atoms with Crippen molar-refractivity contribution in [1.29, 1.82) is 0 Å². The third-order valence-corrected chi connectivity index (χ3v) is 4.53. The zero-order valence-corrected chi connectivity index (χ0v) is 15.2. The predicted molar refractivity (Wildman–Crippen MR) is 96.6 cm³/mol. The van der Waals surface area contributed by atoms with E-state index in [0.717, 1.165) is 18.4 Å². The van der Waals surface area contributed by atoms with Crippen LogP contribution in [-0.4, -0.2) is 36.3 Å². The van der Waals surface area contributed by atoms with Gasteiger partial charge in [0.25, 0.3) is 5.91 Å². The van der Waals surface area contributed by atoms with Crippen LogP contribution in [0.3, 0.4) is 0 Å². The minimum atomic E-state index is -1.05. The molecule has 0 spiro atoms. The number of nitrogens with one attached hydrogen (secondary N) is 1. The third kappa shape index (κ3) is 4.96. The molecule has 2 aromatic rings. The maximum Gasteiger partial charge on any atom is 0.339 e. The molecule has 1 saturated heterocycles. The second-order valence-electron chi connectivity index (χ2n) is 6.45. The molecule has 3 rings (SSSR count). The quantitative estimate of drug-likeness (QED) is 0.774. The first-order valence-corrected chi connectivity index (χ1v) is 8.92. The van der Waals surface area contributed by atoms with E-state index in [0.29, 0.717) is 36.9 Å². The van der Waals surface area contributed by atoms with Gasteiger partial charge in [-0.2, -0.15) is 0 Å². The van der Waals surface area contributed by atoms with Crippen molar-refractivity contribution >= 4 is 11.9 Å². The van der Waals surface area contributed by atoms with E-state index >= 15 is 0 Å². The van der Waals surface area contributed by atoms with Crippen molar-refractivity contribution in [3.63, 3.8) is 0 Å². The van der Waals surface area contributed by atoms with Crippen molar-refractivity contribution in [2.24, 2.45) is 0 Å². The van der Waals surface area contributed by atoms with Crippen LogP contribution in [0.2, 0.25) is 0 Å². The first-order chi connectivity index (χ1) is 13.0. The van der Waals surface area contributed by atoms with Crippen LogP contribution >= 0.6 is 0 Å². The van der Waals surface area contributed by atoms with Gasteiger partial charge in [0.05, 0.1) is 19.3 Å². The predicted octanol–water partition coefficient (Wildman–Crippen LogP) is 2.91. The fourth-order valence-corrected chi connectivity index (χ4v) is 3.02. The first kappa shape index (κ1) is 19.1. The molecule has 1 aliphatic rings. The number of carboxylic acid groups (broad SMARTS) is 1. The van der Waals surface area contributed by atoms with Crippen molar-refractivity contribution < 1.29 is 28.6 Å². The lowest BCUT2D eigenvalue weighted by molar-refractivity contribution is -0.0392. The molecule has 27 heavy (non-hydrogen) atoms. The molecule has 2 heterocycles. The lowest BCUT2D eigenvalue weighted by Crippen LogP contribution is -2.25. The number of rotatable bonds is 7. The normalized spacial score (nSPS) is 14.9. The molecule has 0 unspecified atom stereocenters. The number of carbonyl (C=O) groups is 2. The average Bonchev–Trinajstić information content (AvgIpc) is 3.06. The summed E-state index contributed by atoms with van der Waals surface area (Å²) in [5.41, 5.74) is 1.44. The second kappa shape index (κ2) is 8.83. The Morgan fingerprint density at radius 3 is 2.67 bits per heavy atom. The Balaban J connectivity index is 1.61. The number of furan rings is 1. The zero-order valence-electron chi connectivity index (χ0n) is 15.2. The van der Waals surface area contributed by atoms with Crippen LogP contribution in [0.4, 0.5) is 0 Å². The second-order valence-corrected chi connectivity index (χ2v) is 6.45. The Labute approximate surface area is 157 Å². The van der Waals surface area contributed by atoms with E-state index in [-0.39, 0.29) is 24.1 Å². The van der Waals surface area contributed by atoms with Crippen LogP contribution in [-0.2, 0) is 22.6 Å². The summed E-state index contributed by atoms with van der Waals surface area (Å²) in [4.78, 5) is 23.6. The molecule has 7 heteroatoms. The molecule has 0 atom stereocenters. The van der Waals surface area contributed by atoms with E-state index in [1.165, 1.54) is 6.07 Å². The molecule has 1 aromatic heterocycles. The summed E-state index contributed by atoms with van der Waals surface area (Å²) in [6, 6.07) is 8.71. The molecule has 1 fully saturated rings. The van der Waals surface area contributed by atoms with Crippen LogP contribution in [0.5, 0.6) is 0 Å². The van der Waals surface area contributed by atoms with Gasteiger partial charge >= 0.3 is 5.97 Å². The van der Waals surface area contributed by atoms with Gasteiger partial charge in [-0.25, -0.2) is 4.79 Å². The van der Waals surface area contributed by atoms with Crippen LogP contribution < -0.4 is 5.32 Å². The smallest absolute Gasteiger partial charge is 0.339 e. The molecule has 1 amide bonds. The van der Waals surface area contributed by atoms with Crippen molar-refractivity contribution in [2.75, 3.05) is 13.2 Å².